The molecule has 0 aliphatic rings. The largest absolute Gasteiger partial charge is 0.481 e. The number of benzene rings is 1. The fourth-order valence-electron chi connectivity index (χ4n) is 1.83. The second-order valence-corrected chi connectivity index (χ2v) is 6.07. The minimum Gasteiger partial charge on any atom is -0.481 e. The molecular formula is C16H23ClN2O6. The van der Waals surface area contributed by atoms with Gasteiger partial charge in [0.1, 0.15) is 24.1 Å². The Morgan fingerprint density at radius 2 is 1.88 bits per heavy atom. The highest BCUT2D eigenvalue weighted by atomic mass is 35.5. The second-order valence-electron chi connectivity index (χ2n) is 5.64. The van der Waals surface area contributed by atoms with E-state index in [0.29, 0.717) is 10.8 Å². The average Bonchev–Trinajstić information content (AvgIpc) is 2.55. The van der Waals surface area contributed by atoms with Crippen LogP contribution in [0.5, 0.6) is 5.75 Å². The van der Waals surface area contributed by atoms with Gasteiger partial charge in [0.05, 0.1) is 12.3 Å². The zero-order valence-electron chi connectivity index (χ0n) is 14.1. The molecule has 0 spiro atoms. The van der Waals surface area contributed by atoms with Gasteiger partial charge in [0.25, 0.3) is 5.91 Å². The number of aliphatic hydroxyl groups excluding tert-OH is 4. The molecule has 1 rings (SSSR count). The van der Waals surface area contributed by atoms with Gasteiger partial charge in [0.15, 0.2) is 6.10 Å². The highest BCUT2D eigenvalue weighted by Gasteiger charge is 2.27. The van der Waals surface area contributed by atoms with E-state index in [2.05, 4.69) is 10.5 Å². The first-order valence-corrected chi connectivity index (χ1v) is 7.99. The minimum atomic E-state index is -1.65. The standard InChI is InChI=1S/C16H23ClN2O6/c1-8-6-11(17)4-5-13(8)25-10(3)16(24)19-18-7-12(21)15(23)14(22)9(2)20/h4-7,9-10,12,14-15,20-23H,1-3H3,(H,19,24)/b18-7+. The van der Waals surface area contributed by atoms with Crippen molar-refractivity contribution in [2.45, 2.75) is 51.3 Å². The normalized spacial score (nSPS) is 17.6. The third kappa shape index (κ3) is 6.60. The number of nitrogens with zero attached hydrogens (tertiary/aromatic N) is 1. The summed E-state index contributed by atoms with van der Waals surface area (Å²) in [5, 5.41) is 41.8. The molecule has 140 valence electrons. The van der Waals surface area contributed by atoms with Crippen molar-refractivity contribution in [1.82, 2.24) is 5.43 Å². The van der Waals surface area contributed by atoms with Crippen LogP contribution in [0.25, 0.3) is 0 Å². The van der Waals surface area contributed by atoms with Crippen molar-refractivity contribution in [1.29, 1.82) is 0 Å². The van der Waals surface area contributed by atoms with Crippen LogP contribution in [0.3, 0.4) is 0 Å². The van der Waals surface area contributed by atoms with Gasteiger partial charge in [0.2, 0.25) is 0 Å². The number of ether oxygens (including phenoxy) is 1. The molecule has 5 N–H and O–H groups in total. The van der Waals surface area contributed by atoms with E-state index < -0.39 is 36.4 Å². The van der Waals surface area contributed by atoms with Gasteiger partial charge < -0.3 is 25.2 Å². The molecule has 0 bridgehead atoms. The summed E-state index contributed by atoms with van der Waals surface area (Å²) in [6.45, 7) is 4.56. The molecule has 0 heterocycles. The highest BCUT2D eigenvalue weighted by molar-refractivity contribution is 6.30. The van der Waals surface area contributed by atoms with E-state index in [-0.39, 0.29) is 0 Å². The number of carbonyl (C=O) groups is 1. The van der Waals surface area contributed by atoms with Crippen LogP contribution in [0.15, 0.2) is 23.3 Å². The first-order chi connectivity index (χ1) is 11.6. The van der Waals surface area contributed by atoms with E-state index in [1.165, 1.54) is 13.8 Å². The molecule has 0 saturated heterocycles. The van der Waals surface area contributed by atoms with Crippen LogP contribution in [0.4, 0.5) is 0 Å². The quantitative estimate of drug-likeness (QED) is 0.321. The monoisotopic (exact) mass is 374 g/mol. The highest BCUT2D eigenvalue weighted by Crippen LogP contribution is 2.22. The van der Waals surface area contributed by atoms with Crippen LogP contribution in [0.2, 0.25) is 5.02 Å². The molecule has 5 atom stereocenters. The molecule has 9 heteroatoms. The molecule has 0 radical (unpaired) electrons. The number of halogens is 1. The summed E-state index contributed by atoms with van der Waals surface area (Å²) >= 11 is 5.85. The molecule has 1 aromatic rings. The Balaban J connectivity index is 2.55. The van der Waals surface area contributed by atoms with Crippen LogP contribution >= 0.6 is 11.6 Å². The van der Waals surface area contributed by atoms with Gasteiger partial charge in [0, 0.05) is 5.02 Å². The minimum absolute atomic E-state index is 0.492. The Bertz CT molecular complexity index is 610. The third-order valence-electron chi connectivity index (χ3n) is 3.41. The molecule has 1 aromatic carbocycles. The molecule has 0 fully saturated rings. The Morgan fingerprint density at radius 3 is 2.44 bits per heavy atom. The van der Waals surface area contributed by atoms with Crippen molar-refractivity contribution in [2.24, 2.45) is 5.10 Å². The number of hydrazone groups is 1. The van der Waals surface area contributed by atoms with E-state index in [4.69, 9.17) is 21.4 Å². The van der Waals surface area contributed by atoms with Crippen LogP contribution in [-0.2, 0) is 4.79 Å². The van der Waals surface area contributed by atoms with Crippen LogP contribution in [0.1, 0.15) is 19.4 Å². The maximum Gasteiger partial charge on any atom is 0.280 e. The zero-order valence-corrected chi connectivity index (χ0v) is 14.9. The van der Waals surface area contributed by atoms with Gasteiger partial charge in [-0.1, -0.05) is 11.6 Å². The molecule has 0 aliphatic carbocycles. The Labute approximate surface area is 150 Å². The first kappa shape index (κ1) is 21.3. The fourth-order valence-corrected chi connectivity index (χ4v) is 2.06. The Morgan fingerprint density at radius 1 is 1.24 bits per heavy atom. The van der Waals surface area contributed by atoms with Crippen molar-refractivity contribution < 1.29 is 30.0 Å². The zero-order chi connectivity index (χ0) is 19.1. The maximum absolute atomic E-state index is 11.9. The van der Waals surface area contributed by atoms with Gasteiger partial charge in [-0.2, -0.15) is 5.10 Å². The van der Waals surface area contributed by atoms with E-state index in [0.717, 1.165) is 11.8 Å². The Kier molecular flexibility index (Phi) is 8.27. The summed E-state index contributed by atoms with van der Waals surface area (Å²) in [4.78, 5) is 11.9. The Hall–Kier alpha value is -1.71. The van der Waals surface area contributed by atoms with Crippen LogP contribution < -0.4 is 10.2 Å². The molecular weight excluding hydrogens is 352 g/mol. The van der Waals surface area contributed by atoms with Gasteiger partial charge in [-0.3, -0.25) is 4.79 Å². The molecule has 0 aliphatic heterocycles. The van der Waals surface area contributed by atoms with Gasteiger partial charge in [-0.15, -0.1) is 0 Å². The maximum atomic E-state index is 11.9. The van der Waals surface area contributed by atoms with E-state index in [1.807, 2.05) is 0 Å². The van der Waals surface area contributed by atoms with E-state index in [1.54, 1.807) is 25.1 Å². The molecule has 8 nitrogen and oxygen atoms in total. The number of rotatable bonds is 8. The van der Waals surface area contributed by atoms with Crippen LogP contribution in [-0.4, -0.2) is 63.1 Å². The second kappa shape index (κ2) is 9.69. The summed E-state index contributed by atoms with van der Waals surface area (Å²) in [6.07, 6.45) is -6.03. The van der Waals surface area contributed by atoms with Gasteiger partial charge in [-0.05, 0) is 44.5 Å². The SMILES string of the molecule is Cc1cc(Cl)ccc1OC(C)C(=O)N/N=C/C(O)C(O)C(O)C(C)O. The van der Waals surface area contributed by atoms with Crippen molar-refractivity contribution in [2.75, 3.05) is 0 Å². The fraction of sp³-hybridized carbons (Fsp3) is 0.500. The predicted octanol–water partition coefficient (Wildman–Crippen LogP) is -0.0188. The summed E-state index contributed by atoms with van der Waals surface area (Å²) in [5.74, 6) is -0.0880. The van der Waals surface area contributed by atoms with Crippen LogP contribution in [0, 0.1) is 6.92 Å². The molecule has 25 heavy (non-hydrogen) atoms. The van der Waals surface area contributed by atoms with E-state index >= 15 is 0 Å². The lowest BCUT2D eigenvalue weighted by Gasteiger charge is -2.22. The summed E-state index contributed by atoms with van der Waals surface area (Å²) in [7, 11) is 0. The van der Waals surface area contributed by atoms with Crippen molar-refractivity contribution in [3.63, 3.8) is 0 Å². The van der Waals surface area contributed by atoms with Gasteiger partial charge in [-0.25, -0.2) is 5.43 Å². The van der Waals surface area contributed by atoms with Gasteiger partial charge >= 0.3 is 0 Å². The average molecular weight is 375 g/mol. The lowest BCUT2D eigenvalue weighted by atomic mass is 10.1. The third-order valence-corrected chi connectivity index (χ3v) is 3.64. The molecule has 1 amide bonds. The summed E-state index contributed by atoms with van der Waals surface area (Å²) in [6, 6.07) is 4.98. The number of hydrogen-bond acceptors (Lipinski definition) is 7. The lowest BCUT2D eigenvalue weighted by Crippen LogP contribution is -2.44. The molecule has 0 saturated carbocycles. The smallest absolute Gasteiger partial charge is 0.280 e. The first-order valence-electron chi connectivity index (χ1n) is 7.61. The van der Waals surface area contributed by atoms with E-state index in [9.17, 15) is 20.1 Å². The number of aliphatic hydroxyl groups is 4. The predicted molar refractivity (Wildman–Crippen MR) is 92.6 cm³/mol. The summed E-state index contributed by atoms with van der Waals surface area (Å²) < 4.78 is 5.51. The van der Waals surface area contributed by atoms with Crippen molar-refractivity contribution in [3.8, 4) is 5.75 Å². The number of carbonyl (C=O) groups excluding carboxylic acids is 1. The molecule has 5 unspecified atom stereocenters. The molecule has 0 aromatic heterocycles. The number of amides is 1. The topological polar surface area (TPSA) is 132 Å². The number of nitrogens with one attached hydrogen (secondary N) is 1. The van der Waals surface area contributed by atoms with Crippen molar-refractivity contribution in [3.05, 3.63) is 28.8 Å². The number of aryl methyl sites for hydroxylation is 1. The van der Waals surface area contributed by atoms with Crippen molar-refractivity contribution >= 4 is 23.7 Å². The lowest BCUT2D eigenvalue weighted by molar-refractivity contribution is -0.127. The number of hydrogen-bond donors (Lipinski definition) is 5. The summed E-state index contributed by atoms with van der Waals surface area (Å²) in [5.41, 5.74) is 2.92.